The number of hydrogen-bond donors (Lipinski definition) is 1. The van der Waals surface area contributed by atoms with Crippen molar-refractivity contribution < 1.29 is 37.6 Å². The molecule has 1 saturated heterocycles. The summed E-state index contributed by atoms with van der Waals surface area (Å²) in [5.41, 5.74) is 0.0567. The Hall–Kier alpha value is -5.00. The van der Waals surface area contributed by atoms with Gasteiger partial charge in [0.05, 0.1) is 18.6 Å². The third-order valence-electron chi connectivity index (χ3n) is 5.12. The Labute approximate surface area is 202 Å². The van der Waals surface area contributed by atoms with Gasteiger partial charge in [0.25, 0.3) is 5.91 Å². The minimum atomic E-state index is -0.755. The lowest BCUT2D eigenvalue weighted by atomic mass is 10.1. The molecule has 3 amide bonds. The van der Waals surface area contributed by atoms with Gasteiger partial charge in [-0.25, -0.2) is 14.0 Å². The van der Waals surface area contributed by atoms with Gasteiger partial charge < -0.3 is 19.2 Å². The number of nitro groups is 1. The third-order valence-corrected chi connectivity index (χ3v) is 5.12. The van der Waals surface area contributed by atoms with Gasteiger partial charge >= 0.3 is 17.7 Å². The van der Waals surface area contributed by atoms with Gasteiger partial charge in [0.2, 0.25) is 11.5 Å². The normalized spacial score (nSPS) is 14.2. The van der Waals surface area contributed by atoms with Crippen LogP contribution in [0.25, 0.3) is 6.08 Å². The molecule has 12 heteroatoms. The number of halogens is 1. The van der Waals surface area contributed by atoms with Gasteiger partial charge in [-0.05, 0) is 35.9 Å². The molecule has 184 valence electrons. The van der Waals surface area contributed by atoms with Crippen molar-refractivity contribution in [3.63, 3.8) is 0 Å². The number of urea groups is 1. The first-order valence-electron chi connectivity index (χ1n) is 10.4. The molecule has 36 heavy (non-hydrogen) atoms. The zero-order chi connectivity index (χ0) is 25.8. The van der Waals surface area contributed by atoms with Crippen LogP contribution >= 0.6 is 0 Å². The minimum absolute atomic E-state index is 0.0907. The van der Waals surface area contributed by atoms with Crippen molar-refractivity contribution in [2.45, 2.75) is 13.2 Å². The van der Waals surface area contributed by atoms with Gasteiger partial charge in [0.1, 0.15) is 23.9 Å². The van der Waals surface area contributed by atoms with Crippen LogP contribution in [0.2, 0.25) is 0 Å². The molecule has 1 aliphatic rings. The quantitative estimate of drug-likeness (QED) is 0.164. The molecular formula is C24H18FN3O8. The molecular weight excluding hydrogens is 477 g/mol. The number of furan rings is 1. The number of imide groups is 1. The number of esters is 1. The van der Waals surface area contributed by atoms with Gasteiger partial charge in [-0.15, -0.1) is 0 Å². The van der Waals surface area contributed by atoms with Crippen LogP contribution < -0.4 is 10.1 Å². The second-order valence-corrected chi connectivity index (χ2v) is 7.51. The van der Waals surface area contributed by atoms with E-state index in [9.17, 15) is 28.9 Å². The monoisotopic (exact) mass is 495 g/mol. The van der Waals surface area contributed by atoms with Crippen LogP contribution in [0.1, 0.15) is 27.4 Å². The number of benzene rings is 2. The Morgan fingerprint density at radius 1 is 1.19 bits per heavy atom. The molecule has 0 saturated carbocycles. The average molecular weight is 495 g/mol. The molecule has 0 radical (unpaired) electrons. The van der Waals surface area contributed by atoms with E-state index >= 15 is 0 Å². The SMILES string of the molecule is COC(=O)c1ccc(CN2C(=O)N/C(=C\c3cccc([N+](=O)[O-])c3OCc3cccc(F)c3)C2=O)o1. The van der Waals surface area contributed by atoms with E-state index in [2.05, 4.69) is 10.1 Å². The summed E-state index contributed by atoms with van der Waals surface area (Å²) in [6, 6.07) is 11.7. The highest BCUT2D eigenvalue weighted by Crippen LogP contribution is 2.33. The number of amides is 3. The number of nitrogens with zero attached hydrogens (tertiary/aromatic N) is 2. The molecule has 1 aromatic heterocycles. The molecule has 0 bridgehead atoms. The average Bonchev–Trinajstić information content (AvgIpc) is 3.43. The van der Waals surface area contributed by atoms with Crippen LogP contribution in [0.3, 0.4) is 0 Å². The van der Waals surface area contributed by atoms with Crippen LogP contribution in [0.5, 0.6) is 5.75 Å². The largest absolute Gasteiger partial charge is 0.482 e. The van der Waals surface area contributed by atoms with E-state index in [1.807, 2.05) is 0 Å². The first-order valence-corrected chi connectivity index (χ1v) is 10.4. The van der Waals surface area contributed by atoms with Crippen molar-refractivity contribution in [1.82, 2.24) is 10.2 Å². The number of nitro benzene ring substituents is 1. The highest BCUT2D eigenvalue weighted by Gasteiger charge is 2.35. The molecule has 11 nitrogen and oxygen atoms in total. The number of carbonyl (C=O) groups excluding carboxylic acids is 3. The van der Waals surface area contributed by atoms with Crippen molar-refractivity contribution >= 4 is 29.7 Å². The van der Waals surface area contributed by atoms with E-state index in [-0.39, 0.29) is 47.4 Å². The second-order valence-electron chi connectivity index (χ2n) is 7.51. The Kier molecular flexibility index (Phi) is 6.77. The fourth-order valence-corrected chi connectivity index (χ4v) is 3.44. The van der Waals surface area contributed by atoms with E-state index in [0.717, 1.165) is 4.90 Å². The van der Waals surface area contributed by atoms with E-state index in [0.29, 0.717) is 5.56 Å². The maximum absolute atomic E-state index is 13.5. The number of carbonyl (C=O) groups is 3. The lowest BCUT2D eigenvalue weighted by molar-refractivity contribution is -0.386. The van der Waals surface area contributed by atoms with Gasteiger partial charge in [-0.1, -0.05) is 24.3 Å². The van der Waals surface area contributed by atoms with Crippen LogP contribution in [-0.4, -0.2) is 34.8 Å². The Morgan fingerprint density at radius 3 is 2.69 bits per heavy atom. The van der Waals surface area contributed by atoms with Crippen molar-refractivity contribution in [2.75, 3.05) is 7.11 Å². The lowest BCUT2D eigenvalue weighted by Crippen LogP contribution is -2.30. The summed E-state index contributed by atoms with van der Waals surface area (Å²) in [5.74, 6) is -2.01. The van der Waals surface area contributed by atoms with Crippen LogP contribution in [-0.2, 0) is 22.7 Å². The topological polar surface area (TPSA) is 141 Å². The van der Waals surface area contributed by atoms with E-state index in [1.54, 1.807) is 6.07 Å². The smallest absolute Gasteiger partial charge is 0.373 e. The molecule has 0 unspecified atom stereocenters. The van der Waals surface area contributed by atoms with E-state index in [4.69, 9.17) is 9.15 Å². The maximum atomic E-state index is 13.5. The van der Waals surface area contributed by atoms with Crippen LogP contribution in [0, 0.1) is 15.9 Å². The molecule has 2 aromatic carbocycles. The molecule has 2 heterocycles. The minimum Gasteiger partial charge on any atom is -0.482 e. The molecule has 0 atom stereocenters. The van der Waals surface area contributed by atoms with Crippen LogP contribution in [0.15, 0.2) is 64.7 Å². The summed E-state index contributed by atoms with van der Waals surface area (Å²) in [6.45, 7) is -0.441. The van der Waals surface area contributed by atoms with Gasteiger partial charge in [0.15, 0.2) is 0 Å². The van der Waals surface area contributed by atoms with Crippen molar-refractivity contribution in [3.05, 3.63) is 98.9 Å². The van der Waals surface area contributed by atoms with E-state index < -0.39 is 28.6 Å². The summed E-state index contributed by atoms with van der Waals surface area (Å²) in [7, 11) is 1.18. The molecule has 4 rings (SSSR count). The first-order chi connectivity index (χ1) is 17.3. The van der Waals surface area contributed by atoms with Crippen molar-refractivity contribution in [1.29, 1.82) is 0 Å². The molecule has 1 N–H and O–H groups in total. The standard InChI is InChI=1S/C24H18FN3O8/c1-34-23(30)20-9-8-17(36-20)12-27-22(29)18(26-24(27)31)11-15-5-3-7-19(28(32)33)21(15)35-13-14-4-2-6-16(25)10-14/h2-11H,12-13H2,1H3,(H,26,31)/b18-11-. The summed E-state index contributed by atoms with van der Waals surface area (Å²) in [6.07, 6.45) is 1.25. The fraction of sp³-hybridized carbons (Fsp3) is 0.125. The summed E-state index contributed by atoms with van der Waals surface area (Å²) in [5, 5.41) is 14.0. The van der Waals surface area contributed by atoms with Gasteiger partial charge in [-0.3, -0.25) is 19.8 Å². The number of ether oxygens (including phenoxy) is 2. The van der Waals surface area contributed by atoms with Gasteiger partial charge in [0, 0.05) is 11.6 Å². The fourth-order valence-electron chi connectivity index (χ4n) is 3.44. The molecule has 0 aliphatic carbocycles. The molecule has 1 aliphatic heterocycles. The molecule has 1 fully saturated rings. The number of methoxy groups -OCH3 is 1. The first kappa shape index (κ1) is 24.1. The zero-order valence-corrected chi connectivity index (χ0v) is 18.7. The van der Waals surface area contributed by atoms with Gasteiger partial charge in [-0.2, -0.15) is 0 Å². The Balaban J connectivity index is 1.59. The number of rotatable bonds is 8. The zero-order valence-electron chi connectivity index (χ0n) is 18.7. The number of para-hydroxylation sites is 1. The Morgan fingerprint density at radius 2 is 1.97 bits per heavy atom. The summed E-state index contributed by atoms with van der Waals surface area (Å²) in [4.78, 5) is 48.6. The summed E-state index contributed by atoms with van der Waals surface area (Å²) < 4.78 is 29.0. The van der Waals surface area contributed by atoms with E-state index in [1.165, 1.54) is 61.7 Å². The highest BCUT2D eigenvalue weighted by atomic mass is 19.1. The third kappa shape index (κ3) is 5.06. The van der Waals surface area contributed by atoms with Crippen LogP contribution in [0.4, 0.5) is 14.9 Å². The maximum Gasteiger partial charge on any atom is 0.373 e. The predicted molar refractivity (Wildman–Crippen MR) is 121 cm³/mol. The number of nitrogens with one attached hydrogen (secondary N) is 1. The molecule has 3 aromatic rings. The second kappa shape index (κ2) is 10.1. The highest BCUT2D eigenvalue weighted by molar-refractivity contribution is 6.14. The Bertz CT molecular complexity index is 1400. The predicted octanol–water partition coefficient (Wildman–Crippen LogP) is 3.79. The van der Waals surface area contributed by atoms with Crippen molar-refractivity contribution in [2.24, 2.45) is 0 Å². The number of hydrogen-bond acceptors (Lipinski definition) is 8. The van der Waals surface area contributed by atoms with Crippen molar-refractivity contribution in [3.8, 4) is 5.75 Å². The summed E-state index contributed by atoms with van der Waals surface area (Å²) >= 11 is 0. The molecule has 0 spiro atoms. The lowest BCUT2D eigenvalue weighted by Gasteiger charge is -2.11.